The van der Waals surface area contributed by atoms with Crippen molar-refractivity contribution in [2.24, 2.45) is 0 Å². The average Bonchev–Trinajstić information content (AvgIpc) is 2.69. The van der Waals surface area contributed by atoms with E-state index >= 15 is 0 Å². The molecule has 0 spiro atoms. The summed E-state index contributed by atoms with van der Waals surface area (Å²) in [5, 5.41) is 14.6. The topological polar surface area (TPSA) is 92.6 Å². The summed E-state index contributed by atoms with van der Waals surface area (Å²) in [5.41, 5.74) is 2.09. The quantitative estimate of drug-likeness (QED) is 0.651. The van der Waals surface area contributed by atoms with Crippen molar-refractivity contribution in [1.29, 1.82) is 0 Å². The van der Waals surface area contributed by atoms with Crippen molar-refractivity contribution in [2.75, 3.05) is 24.6 Å². The van der Waals surface area contributed by atoms with E-state index in [2.05, 4.69) is 20.3 Å². The van der Waals surface area contributed by atoms with E-state index in [1.54, 1.807) is 43.8 Å². The van der Waals surface area contributed by atoms with E-state index < -0.39 is 0 Å². The lowest BCUT2D eigenvalue weighted by Gasteiger charge is -2.19. The van der Waals surface area contributed by atoms with Gasteiger partial charge in [0.15, 0.2) is 5.82 Å². The lowest BCUT2D eigenvalue weighted by Crippen LogP contribution is -2.14. The Bertz CT molecular complexity index is 886. The van der Waals surface area contributed by atoms with E-state index in [4.69, 9.17) is 9.47 Å². The SMILES string of the molecule is COc1ccc(N(O)c2ccnc(Nc3ccc(C)nc3)n2)c(OC)c1. The smallest absolute Gasteiger partial charge is 0.229 e. The van der Waals surface area contributed by atoms with Gasteiger partial charge in [-0.15, -0.1) is 0 Å². The molecule has 0 fully saturated rings. The lowest BCUT2D eigenvalue weighted by atomic mass is 10.2. The predicted octanol–water partition coefficient (Wildman–Crippen LogP) is 3.47. The number of nitrogens with zero attached hydrogens (tertiary/aromatic N) is 4. The molecule has 0 unspecified atom stereocenters. The molecule has 0 saturated heterocycles. The average molecular weight is 353 g/mol. The van der Waals surface area contributed by atoms with Crippen molar-refractivity contribution < 1.29 is 14.7 Å². The summed E-state index contributed by atoms with van der Waals surface area (Å²) in [5.74, 6) is 1.68. The number of nitrogens with one attached hydrogen (secondary N) is 1. The Balaban J connectivity index is 1.86. The minimum atomic E-state index is 0.283. The fraction of sp³-hybridized carbons (Fsp3) is 0.167. The van der Waals surface area contributed by atoms with Crippen LogP contribution in [-0.2, 0) is 0 Å². The highest BCUT2D eigenvalue weighted by Crippen LogP contribution is 2.34. The van der Waals surface area contributed by atoms with Crippen LogP contribution in [0.15, 0.2) is 48.8 Å². The normalized spacial score (nSPS) is 10.3. The molecule has 3 rings (SSSR count). The maximum Gasteiger partial charge on any atom is 0.229 e. The summed E-state index contributed by atoms with van der Waals surface area (Å²) >= 11 is 0. The van der Waals surface area contributed by atoms with Crippen molar-refractivity contribution in [1.82, 2.24) is 15.0 Å². The van der Waals surface area contributed by atoms with Crippen LogP contribution >= 0.6 is 0 Å². The van der Waals surface area contributed by atoms with Crippen molar-refractivity contribution in [3.8, 4) is 11.5 Å². The van der Waals surface area contributed by atoms with E-state index in [9.17, 15) is 5.21 Å². The zero-order valence-electron chi connectivity index (χ0n) is 14.7. The third kappa shape index (κ3) is 3.81. The van der Waals surface area contributed by atoms with E-state index in [1.165, 1.54) is 7.11 Å². The molecule has 0 bridgehead atoms. The zero-order valence-corrected chi connectivity index (χ0v) is 14.7. The number of hydrogen-bond acceptors (Lipinski definition) is 8. The maximum absolute atomic E-state index is 10.6. The Kier molecular flexibility index (Phi) is 5.14. The van der Waals surface area contributed by atoms with Crippen LogP contribution in [0.5, 0.6) is 11.5 Å². The first-order valence-corrected chi connectivity index (χ1v) is 7.84. The molecule has 1 aromatic carbocycles. The highest BCUT2D eigenvalue weighted by atomic mass is 16.5. The number of aromatic nitrogens is 3. The number of pyridine rings is 1. The molecule has 134 valence electrons. The highest BCUT2D eigenvalue weighted by molar-refractivity contribution is 5.67. The Morgan fingerprint density at radius 1 is 1.04 bits per heavy atom. The molecule has 0 saturated carbocycles. The third-order valence-corrected chi connectivity index (χ3v) is 3.64. The van der Waals surface area contributed by atoms with Crippen molar-refractivity contribution >= 4 is 23.1 Å². The molecule has 2 heterocycles. The molecule has 8 heteroatoms. The van der Waals surface area contributed by atoms with Gasteiger partial charge in [0.05, 0.1) is 26.1 Å². The molecular formula is C18H19N5O3. The minimum absolute atomic E-state index is 0.283. The first-order valence-electron chi connectivity index (χ1n) is 7.84. The molecule has 3 aromatic rings. The molecule has 0 aliphatic carbocycles. The fourth-order valence-corrected chi connectivity index (χ4v) is 2.28. The summed E-state index contributed by atoms with van der Waals surface area (Å²) < 4.78 is 10.5. The number of methoxy groups -OCH3 is 2. The van der Waals surface area contributed by atoms with Gasteiger partial charge >= 0.3 is 0 Å². The summed E-state index contributed by atoms with van der Waals surface area (Å²) in [6, 6.07) is 10.4. The van der Waals surface area contributed by atoms with Gasteiger partial charge in [0.1, 0.15) is 17.2 Å². The zero-order chi connectivity index (χ0) is 18.5. The molecule has 8 nitrogen and oxygen atoms in total. The Hall–Kier alpha value is -3.39. The first kappa shape index (κ1) is 17.4. The van der Waals surface area contributed by atoms with Crippen molar-refractivity contribution in [3.63, 3.8) is 0 Å². The molecule has 0 aliphatic rings. The Morgan fingerprint density at radius 2 is 1.88 bits per heavy atom. The van der Waals surface area contributed by atoms with E-state index in [0.717, 1.165) is 16.4 Å². The van der Waals surface area contributed by atoms with Crippen LogP contribution < -0.4 is 19.9 Å². The van der Waals surface area contributed by atoms with Crippen LogP contribution in [0, 0.1) is 6.92 Å². The van der Waals surface area contributed by atoms with Gasteiger partial charge in [-0.3, -0.25) is 10.2 Å². The van der Waals surface area contributed by atoms with Gasteiger partial charge in [-0.1, -0.05) is 0 Å². The molecule has 26 heavy (non-hydrogen) atoms. The molecular weight excluding hydrogens is 334 g/mol. The van der Waals surface area contributed by atoms with Gasteiger partial charge in [-0.05, 0) is 31.2 Å². The monoisotopic (exact) mass is 353 g/mol. The molecule has 0 radical (unpaired) electrons. The second-order valence-electron chi connectivity index (χ2n) is 5.40. The van der Waals surface area contributed by atoms with Crippen LogP contribution in [0.2, 0.25) is 0 Å². The van der Waals surface area contributed by atoms with E-state index in [1.807, 2.05) is 19.1 Å². The summed E-state index contributed by atoms with van der Waals surface area (Å²) in [6.45, 7) is 1.91. The van der Waals surface area contributed by atoms with Crippen LogP contribution in [-0.4, -0.2) is 34.4 Å². The van der Waals surface area contributed by atoms with E-state index in [-0.39, 0.29) is 5.82 Å². The molecule has 0 amide bonds. The minimum Gasteiger partial charge on any atom is -0.497 e. The number of ether oxygens (including phenoxy) is 2. The summed E-state index contributed by atoms with van der Waals surface area (Å²) in [7, 11) is 3.08. The Labute approximate surface area is 151 Å². The molecule has 0 atom stereocenters. The van der Waals surface area contributed by atoms with Crippen molar-refractivity contribution in [2.45, 2.75) is 6.92 Å². The number of anilines is 4. The van der Waals surface area contributed by atoms with Crippen LogP contribution in [0.4, 0.5) is 23.1 Å². The van der Waals surface area contributed by atoms with Gasteiger partial charge < -0.3 is 14.8 Å². The first-order chi connectivity index (χ1) is 12.6. The predicted molar refractivity (Wildman–Crippen MR) is 97.8 cm³/mol. The van der Waals surface area contributed by atoms with Crippen molar-refractivity contribution in [3.05, 3.63) is 54.5 Å². The molecule has 2 N–H and O–H groups in total. The van der Waals surface area contributed by atoms with Gasteiger partial charge in [-0.25, -0.2) is 10.0 Å². The van der Waals surface area contributed by atoms with Crippen LogP contribution in [0.3, 0.4) is 0 Å². The van der Waals surface area contributed by atoms with Gasteiger partial charge in [0, 0.05) is 24.0 Å². The second-order valence-corrected chi connectivity index (χ2v) is 5.40. The molecule has 2 aromatic heterocycles. The number of rotatable bonds is 6. The largest absolute Gasteiger partial charge is 0.497 e. The summed E-state index contributed by atoms with van der Waals surface area (Å²) in [6.07, 6.45) is 3.24. The molecule has 0 aliphatic heterocycles. The number of hydrogen-bond donors (Lipinski definition) is 2. The lowest BCUT2D eigenvalue weighted by molar-refractivity contribution is 0.291. The van der Waals surface area contributed by atoms with Crippen LogP contribution in [0.25, 0.3) is 0 Å². The second kappa shape index (κ2) is 7.66. The summed E-state index contributed by atoms with van der Waals surface area (Å²) in [4.78, 5) is 12.7. The van der Waals surface area contributed by atoms with Gasteiger partial charge in [-0.2, -0.15) is 4.98 Å². The third-order valence-electron chi connectivity index (χ3n) is 3.64. The maximum atomic E-state index is 10.6. The van der Waals surface area contributed by atoms with E-state index in [0.29, 0.717) is 23.1 Å². The standard InChI is InChI=1S/C18H19N5O3/c1-12-4-5-13(11-20-12)21-18-19-9-8-17(22-18)23(24)15-7-6-14(25-2)10-16(15)26-3/h4-11,24H,1-3H3,(H,19,21,22). The van der Waals surface area contributed by atoms with Crippen LogP contribution in [0.1, 0.15) is 5.69 Å². The van der Waals surface area contributed by atoms with Gasteiger partial charge in [0.25, 0.3) is 0 Å². The Morgan fingerprint density at radius 3 is 2.58 bits per heavy atom. The highest BCUT2D eigenvalue weighted by Gasteiger charge is 2.15. The fourth-order valence-electron chi connectivity index (χ4n) is 2.28. The number of benzene rings is 1. The van der Waals surface area contributed by atoms with Gasteiger partial charge in [0.2, 0.25) is 5.95 Å². The number of aryl methyl sites for hydroxylation is 1.